The van der Waals surface area contributed by atoms with Gasteiger partial charge in [0.15, 0.2) is 5.65 Å². The van der Waals surface area contributed by atoms with Gasteiger partial charge < -0.3 is 20.2 Å². The number of H-pyrrole nitrogens is 2. The van der Waals surface area contributed by atoms with Crippen molar-refractivity contribution >= 4 is 41.4 Å². The van der Waals surface area contributed by atoms with E-state index in [4.69, 9.17) is 4.98 Å². The molecule has 174 valence electrons. The highest BCUT2D eigenvalue weighted by atomic mass is 32.1. The van der Waals surface area contributed by atoms with E-state index in [2.05, 4.69) is 27.0 Å². The molecule has 4 aromatic heterocycles. The van der Waals surface area contributed by atoms with Gasteiger partial charge >= 0.3 is 5.69 Å². The molecule has 0 spiro atoms. The number of anilines is 1. The third-order valence-corrected chi connectivity index (χ3v) is 7.15. The number of nitrogens with zero attached hydrogens (tertiary/aromatic N) is 4. The van der Waals surface area contributed by atoms with Crippen molar-refractivity contribution in [2.24, 2.45) is 0 Å². The Kier molecular flexibility index (Phi) is 4.87. The van der Waals surface area contributed by atoms with Gasteiger partial charge in [0.2, 0.25) is 0 Å². The SMILES string of the molecule is C=c1[nH]c(=O)[nH]/c1=C\c1cnn2c(NC3CC3)cc(-c3ccc(C(=O)N4CC[C@H](F)C4)s3)nc12. The molecule has 2 fully saturated rings. The fourth-order valence-corrected chi connectivity index (χ4v) is 5.04. The van der Waals surface area contributed by atoms with Crippen LogP contribution in [0.4, 0.5) is 10.2 Å². The van der Waals surface area contributed by atoms with E-state index in [0.29, 0.717) is 45.9 Å². The van der Waals surface area contributed by atoms with Gasteiger partial charge in [-0.1, -0.05) is 6.58 Å². The molecule has 3 N–H and O–H groups in total. The average molecular weight is 480 g/mol. The van der Waals surface area contributed by atoms with Crippen LogP contribution in [0.3, 0.4) is 0 Å². The highest BCUT2D eigenvalue weighted by Crippen LogP contribution is 2.33. The van der Waals surface area contributed by atoms with Crippen LogP contribution < -0.4 is 21.7 Å². The molecule has 6 rings (SSSR count). The first-order valence-electron chi connectivity index (χ1n) is 11.1. The van der Waals surface area contributed by atoms with E-state index < -0.39 is 6.17 Å². The Morgan fingerprint density at radius 2 is 2.15 bits per heavy atom. The lowest BCUT2D eigenvalue weighted by molar-refractivity contribution is 0.0787. The van der Waals surface area contributed by atoms with Crippen molar-refractivity contribution in [1.29, 1.82) is 0 Å². The molecule has 0 bridgehead atoms. The Hall–Kier alpha value is -3.73. The van der Waals surface area contributed by atoms with Crippen LogP contribution in [-0.4, -0.2) is 60.7 Å². The molecular weight excluding hydrogens is 457 g/mol. The summed E-state index contributed by atoms with van der Waals surface area (Å²) in [6.45, 7) is 4.44. The van der Waals surface area contributed by atoms with E-state index in [1.54, 1.807) is 27.8 Å². The number of rotatable bonds is 5. The lowest BCUT2D eigenvalue weighted by Crippen LogP contribution is -2.28. The summed E-state index contributed by atoms with van der Waals surface area (Å²) in [4.78, 5) is 37.6. The summed E-state index contributed by atoms with van der Waals surface area (Å²) in [6, 6.07) is 5.97. The highest BCUT2D eigenvalue weighted by Gasteiger charge is 2.28. The molecule has 4 aromatic rings. The van der Waals surface area contributed by atoms with Crippen LogP contribution in [0.15, 0.2) is 29.2 Å². The lowest BCUT2D eigenvalue weighted by Gasteiger charge is -2.13. The topological polar surface area (TPSA) is 111 Å². The monoisotopic (exact) mass is 479 g/mol. The largest absolute Gasteiger partial charge is 0.367 e. The molecule has 1 atom stereocenters. The van der Waals surface area contributed by atoms with Gasteiger partial charge in [0.25, 0.3) is 5.91 Å². The zero-order chi connectivity index (χ0) is 23.4. The second-order valence-corrected chi connectivity index (χ2v) is 9.78. The van der Waals surface area contributed by atoms with Crippen LogP contribution in [-0.2, 0) is 0 Å². The van der Waals surface area contributed by atoms with E-state index in [9.17, 15) is 14.0 Å². The zero-order valence-electron chi connectivity index (χ0n) is 18.2. The normalized spacial score (nSPS) is 18.8. The molecular formula is C23H22FN7O2S. The molecule has 1 amide bonds. The Bertz CT molecular complexity index is 1580. The molecule has 1 aliphatic carbocycles. The van der Waals surface area contributed by atoms with Crippen LogP contribution >= 0.6 is 11.3 Å². The van der Waals surface area contributed by atoms with Crippen molar-refractivity contribution in [3.8, 4) is 10.6 Å². The van der Waals surface area contributed by atoms with Crippen LogP contribution in [0.2, 0.25) is 0 Å². The van der Waals surface area contributed by atoms with Crippen LogP contribution in [0.25, 0.3) is 28.9 Å². The number of carbonyl (C=O) groups is 1. The van der Waals surface area contributed by atoms with Gasteiger partial charge in [-0.25, -0.2) is 14.2 Å². The number of amides is 1. The van der Waals surface area contributed by atoms with Gasteiger partial charge in [-0.05, 0) is 37.5 Å². The van der Waals surface area contributed by atoms with E-state index in [1.807, 2.05) is 12.1 Å². The summed E-state index contributed by atoms with van der Waals surface area (Å²) in [6.07, 6.45) is 5.10. The number of halogens is 1. The number of imidazole rings is 1. The minimum atomic E-state index is -0.950. The predicted octanol–water partition coefficient (Wildman–Crippen LogP) is 1.47. The van der Waals surface area contributed by atoms with E-state index in [0.717, 1.165) is 29.1 Å². The molecule has 1 saturated heterocycles. The summed E-state index contributed by atoms with van der Waals surface area (Å²) >= 11 is 1.35. The molecule has 0 unspecified atom stereocenters. The standard InChI is InChI=1S/C23H22FN7O2S/c1-12-16(29-23(33)26-12)8-13-10-25-31-20(27-15-2-3-15)9-17(28-21(13)31)18-4-5-19(34-18)22(32)30-7-6-14(24)11-30/h4-5,8-10,14-15,27H,1-3,6-7,11H2,(H2,26,29,33)/b16-8-/t14-/m0/s1. The maximum Gasteiger partial charge on any atom is 0.323 e. The number of fused-ring (bicyclic) bond motifs is 1. The number of likely N-dealkylation sites (tertiary alicyclic amines) is 1. The Labute approximate surface area is 196 Å². The summed E-state index contributed by atoms with van der Waals surface area (Å²) in [7, 11) is 0. The minimum Gasteiger partial charge on any atom is -0.367 e. The van der Waals surface area contributed by atoms with Gasteiger partial charge in [-0.15, -0.1) is 11.3 Å². The Balaban J connectivity index is 1.42. The number of aromatic nitrogens is 5. The lowest BCUT2D eigenvalue weighted by atomic mass is 10.2. The molecule has 34 heavy (non-hydrogen) atoms. The van der Waals surface area contributed by atoms with Crippen molar-refractivity contribution in [1.82, 2.24) is 29.5 Å². The summed E-state index contributed by atoms with van der Waals surface area (Å²) in [5.74, 6) is 0.659. The van der Waals surface area contributed by atoms with Crippen LogP contribution in [0.1, 0.15) is 34.5 Å². The summed E-state index contributed by atoms with van der Waals surface area (Å²) in [5.41, 5.74) is 1.71. The van der Waals surface area contributed by atoms with Gasteiger partial charge in [-0.3, -0.25) is 4.79 Å². The molecule has 11 heteroatoms. The summed E-state index contributed by atoms with van der Waals surface area (Å²) < 4.78 is 15.3. The minimum absolute atomic E-state index is 0.147. The smallest absolute Gasteiger partial charge is 0.323 e. The number of alkyl halides is 1. The fraction of sp³-hybridized carbons (Fsp3) is 0.304. The summed E-state index contributed by atoms with van der Waals surface area (Å²) in [5, 5.41) is 9.05. The number of aromatic amines is 2. The van der Waals surface area contributed by atoms with Gasteiger partial charge in [0.1, 0.15) is 12.0 Å². The number of nitrogens with one attached hydrogen (secondary N) is 3. The molecule has 0 aromatic carbocycles. The number of hydrogen-bond donors (Lipinski definition) is 3. The first kappa shape index (κ1) is 20.8. The van der Waals surface area contributed by atoms with Crippen molar-refractivity contribution in [3.63, 3.8) is 0 Å². The van der Waals surface area contributed by atoms with E-state index in [1.165, 1.54) is 11.3 Å². The van der Waals surface area contributed by atoms with E-state index in [-0.39, 0.29) is 18.1 Å². The number of thiophene rings is 1. The third kappa shape index (κ3) is 3.81. The highest BCUT2D eigenvalue weighted by molar-refractivity contribution is 7.17. The molecule has 5 heterocycles. The maximum absolute atomic E-state index is 13.6. The third-order valence-electron chi connectivity index (χ3n) is 6.05. The molecule has 1 saturated carbocycles. The van der Waals surface area contributed by atoms with Crippen LogP contribution in [0.5, 0.6) is 0 Å². The second-order valence-electron chi connectivity index (χ2n) is 8.70. The van der Waals surface area contributed by atoms with Crippen molar-refractivity contribution in [2.45, 2.75) is 31.5 Å². The quantitative estimate of drug-likeness (QED) is 0.402. The predicted molar refractivity (Wildman–Crippen MR) is 128 cm³/mol. The molecule has 2 aliphatic rings. The number of hydrogen-bond acceptors (Lipinski definition) is 6. The molecule has 9 nitrogen and oxygen atoms in total. The van der Waals surface area contributed by atoms with Crippen molar-refractivity contribution in [3.05, 3.63) is 56.0 Å². The van der Waals surface area contributed by atoms with Crippen LogP contribution in [0, 0.1) is 0 Å². The first-order chi connectivity index (χ1) is 16.4. The van der Waals surface area contributed by atoms with Gasteiger partial charge in [-0.2, -0.15) is 9.61 Å². The molecule has 1 aliphatic heterocycles. The van der Waals surface area contributed by atoms with E-state index >= 15 is 0 Å². The Morgan fingerprint density at radius 3 is 2.85 bits per heavy atom. The van der Waals surface area contributed by atoms with Gasteiger partial charge in [0.05, 0.1) is 38.9 Å². The van der Waals surface area contributed by atoms with Crippen molar-refractivity contribution < 1.29 is 9.18 Å². The van der Waals surface area contributed by atoms with Gasteiger partial charge in [0, 0.05) is 24.2 Å². The maximum atomic E-state index is 13.6. The zero-order valence-corrected chi connectivity index (χ0v) is 19.0. The fourth-order valence-electron chi connectivity index (χ4n) is 4.11. The first-order valence-corrected chi connectivity index (χ1v) is 11.9. The number of carbonyl (C=O) groups excluding carboxylic acids is 1. The molecule has 0 radical (unpaired) electrons. The van der Waals surface area contributed by atoms with Crippen molar-refractivity contribution in [2.75, 3.05) is 18.4 Å². The second kappa shape index (κ2) is 7.94. The Morgan fingerprint density at radius 1 is 1.29 bits per heavy atom. The average Bonchev–Trinajstić information content (AvgIpc) is 3.18.